The predicted octanol–water partition coefficient (Wildman–Crippen LogP) is 5.75. The number of methoxy groups -OCH3 is 1. The molecule has 2 heterocycles. The average molecular weight is 525 g/mol. The van der Waals surface area contributed by atoms with Crippen LogP contribution in [-0.4, -0.2) is 28.9 Å². The molecule has 0 saturated heterocycles. The van der Waals surface area contributed by atoms with E-state index in [1.807, 2.05) is 36.4 Å². The number of aromatic nitrogens is 2. The van der Waals surface area contributed by atoms with Crippen molar-refractivity contribution in [3.05, 3.63) is 107 Å². The van der Waals surface area contributed by atoms with Crippen molar-refractivity contribution in [2.45, 2.75) is 39.7 Å². The molecule has 0 fully saturated rings. The number of anilines is 2. The maximum absolute atomic E-state index is 14.2. The molecule has 2 aromatic heterocycles. The van der Waals surface area contributed by atoms with E-state index < -0.39 is 5.91 Å². The van der Waals surface area contributed by atoms with E-state index in [2.05, 4.69) is 30.7 Å². The Kier molecular flexibility index (Phi) is 7.95. The van der Waals surface area contributed by atoms with Crippen LogP contribution in [0.5, 0.6) is 11.5 Å². The van der Waals surface area contributed by atoms with Gasteiger partial charge >= 0.3 is 0 Å². The van der Waals surface area contributed by atoms with Gasteiger partial charge in [0.15, 0.2) is 0 Å². The number of primary amides is 1. The minimum atomic E-state index is -0.662. The van der Waals surface area contributed by atoms with Crippen molar-refractivity contribution in [2.24, 2.45) is 5.73 Å². The summed E-state index contributed by atoms with van der Waals surface area (Å²) in [5.74, 6) is 0.101. The fourth-order valence-electron chi connectivity index (χ4n) is 4.03. The quantitative estimate of drug-likeness (QED) is 0.315. The molecule has 39 heavy (non-hydrogen) atoms. The van der Waals surface area contributed by atoms with Crippen LogP contribution in [0.15, 0.2) is 79.1 Å². The number of nitrogens with zero attached hydrogens (tertiary/aromatic N) is 3. The number of rotatable bonds is 8. The third-order valence-electron chi connectivity index (χ3n) is 6.30. The van der Waals surface area contributed by atoms with Crippen molar-refractivity contribution in [3.63, 3.8) is 0 Å². The predicted molar refractivity (Wildman–Crippen MR) is 151 cm³/mol. The van der Waals surface area contributed by atoms with Gasteiger partial charge in [0.05, 0.1) is 35.3 Å². The number of ether oxygens (including phenoxy) is 2. The molecule has 4 aromatic rings. The highest BCUT2D eigenvalue weighted by atomic mass is 16.5. The lowest BCUT2D eigenvalue weighted by Gasteiger charge is -2.28. The largest absolute Gasteiger partial charge is 0.495 e. The molecule has 2 aromatic carbocycles. The number of carbonyl (C=O) groups excluding carboxylic acids is 2. The van der Waals surface area contributed by atoms with Crippen molar-refractivity contribution < 1.29 is 19.1 Å². The first kappa shape index (κ1) is 27.3. The molecule has 8 heteroatoms. The molecule has 0 aliphatic heterocycles. The number of aryl methyl sites for hydroxylation is 1. The molecule has 4 rings (SSSR count). The Morgan fingerprint density at radius 3 is 2.33 bits per heavy atom. The van der Waals surface area contributed by atoms with E-state index in [9.17, 15) is 9.59 Å². The number of nitrogens with two attached hydrogens (primary N) is 1. The summed E-state index contributed by atoms with van der Waals surface area (Å²) < 4.78 is 11.6. The smallest absolute Gasteiger partial charge is 0.264 e. The highest BCUT2D eigenvalue weighted by Gasteiger charge is 2.27. The minimum Gasteiger partial charge on any atom is -0.495 e. The van der Waals surface area contributed by atoms with Crippen LogP contribution in [0, 0.1) is 6.92 Å². The second kappa shape index (κ2) is 11.3. The van der Waals surface area contributed by atoms with Gasteiger partial charge in [-0.1, -0.05) is 32.9 Å². The summed E-state index contributed by atoms with van der Waals surface area (Å²) in [5.41, 5.74) is 9.15. The van der Waals surface area contributed by atoms with E-state index in [0.717, 1.165) is 11.3 Å². The normalized spacial score (nSPS) is 11.1. The summed E-state index contributed by atoms with van der Waals surface area (Å²) in [4.78, 5) is 36.2. The van der Waals surface area contributed by atoms with Gasteiger partial charge in [-0.15, -0.1) is 0 Å². The molecule has 0 bridgehead atoms. The van der Waals surface area contributed by atoms with E-state index in [4.69, 9.17) is 15.2 Å². The van der Waals surface area contributed by atoms with Crippen molar-refractivity contribution in [2.75, 3.05) is 12.0 Å². The Morgan fingerprint density at radius 1 is 0.974 bits per heavy atom. The number of benzene rings is 2. The molecule has 0 saturated carbocycles. The molecule has 0 aliphatic carbocycles. The van der Waals surface area contributed by atoms with Crippen LogP contribution in [0.3, 0.4) is 0 Å². The summed E-state index contributed by atoms with van der Waals surface area (Å²) in [6.45, 7) is 8.33. The van der Waals surface area contributed by atoms with Gasteiger partial charge in [-0.2, -0.15) is 0 Å². The zero-order chi connectivity index (χ0) is 28.2. The van der Waals surface area contributed by atoms with Gasteiger partial charge in [-0.25, -0.2) is 0 Å². The molecule has 0 spiro atoms. The highest BCUT2D eigenvalue weighted by Crippen LogP contribution is 2.39. The lowest BCUT2D eigenvalue weighted by atomic mass is 9.86. The first-order valence-electron chi connectivity index (χ1n) is 12.5. The third-order valence-corrected chi connectivity index (χ3v) is 6.30. The molecular formula is C31H32N4O4. The Bertz CT molecular complexity index is 1480. The van der Waals surface area contributed by atoms with Gasteiger partial charge in [0.2, 0.25) is 5.91 Å². The highest BCUT2D eigenvalue weighted by molar-refractivity contribution is 6.13. The Morgan fingerprint density at radius 2 is 1.72 bits per heavy atom. The lowest BCUT2D eigenvalue weighted by molar-refractivity contribution is 0.0997. The number of carbonyl (C=O) groups is 2. The van der Waals surface area contributed by atoms with Crippen molar-refractivity contribution in [1.82, 2.24) is 9.97 Å². The lowest BCUT2D eigenvalue weighted by Crippen LogP contribution is -2.28. The van der Waals surface area contributed by atoms with Crippen LogP contribution in [-0.2, 0) is 12.0 Å². The SMILES string of the molecule is COc1ccc(C(C)(C)C)cc1N(C(=O)c1cc(C(N)=O)cnc1C)c1ccc(OCc2ccccn2)cc1. The first-order valence-corrected chi connectivity index (χ1v) is 12.5. The zero-order valence-corrected chi connectivity index (χ0v) is 22.8. The summed E-state index contributed by atoms with van der Waals surface area (Å²) in [6, 6.07) is 20.1. The van der Waals surface area contributed by atoms with E-state index in [1.54, 1.807) is 49.4 Å². The number of hydrogen-bond acceptors (Lipinski definition) is 6. The van der Waals surface area contributed by atoms with Crippen LogP contribution in [0.4, 0.5) is 11.4 Å². The number of hydrogen-bond donors (Lipinski definition) is 1. The summed E-state index contributed by atoms with van der Waals surface area (Å²) in [6.07, 6.45) is 3.09. The minimum absolute atomic E-state index is 0.151. The molecule has 0 unspecified atom stereocenters. The standard InChI is InChI=1S/C31H32N4O4/c1-20-26(16-21(18-34-20)29(32)36)30(37)35(27-17-22(31(2,3)4)9-14-28(27)38-5)24-10-12-25(13-11-24)39-19-23-8-6-7-15-33-23/h6-18H,19H2,1-5H3,(H2,32,36). The fourth-order valence-corrected chi connectivity index (χ4v) is 4.03. The van der Waals surface area contributed by atoms with Gasteiger partial charge < -0.3 is 15.2 Å². The van der Waals surface area contributed by atoms with Gasteiger partial charge in [0.25, 0.3) is 5.91 Å². The maximum Gasteiger partial charge on any atom is 0.264 e. The molecule has 2 amide bonds. The van der Waals surface area contributed by atoms with Crippen LogP contribution in [0.2, 0.25) is 0 Å². The molecule has 0 radical (unpaired) electrons. The summed E-state index contributed by atoms with van der Waals surface area (Å²) in [7, 11) is 1.56. The first-order chi connectivity index (χ1) is 18.6. The van der Waals surface area contributed by atoms with Gasteiger partial charge in [0, 0.05) is 18.1 Å². The number of pyridine rings is 2. The molecule has 0 atom stereocenters. The van der Waals surface area contributed by atoms with Crippen LogP contribution < -0.4 is 20.1 Å². The summed E-state index contributed by atoms with van der Waals surface area (Å²) in [5, 5.41) is 0. The van der Waals surface area contributed by atoms with Gasteiger partial charge in [-0.3, -0.25) is 24.5 Å². The van der Waals surface area contributed by atoms with Crippen LogP contribution in [0.25, 0.3) is 0 Å². The molecule has 200 valence electrons. The Labute approximate surface area is 228 Å². The van der Waals surface area contributed by atoms with Crippen molar-refractivity contribution >= 4 is 23.2 Å². The molecule has 8 nitrogen and oxygen atoms in total. The topological polar surface area (TPSA) is 108 Å². The monoisotopic (exact) mass is 524 g/mol. The fraction of sp³-hybridized carbons (Fsp3) is 0.226. The average Bonchev–Trinajstić information content (AvgIpc) is 2.92. The van der Waals surface area contributed by atoms with Gasteiger partial charge in [-0.05, 0) is 72.5 Å². The van der Waals surface area contributed by atoms with Crippen molar-refractivity contribution in [1.29, 1.82) is 0 Å². The second-order valence-electron chi connectivity index (χ2n) is 10.1. The molecule has 2 N–H and O–H groups in total. The van der Waals surface area contributed by atoms with E-state index >= 15 is 0 Å². The molecular weight excluding hydrogens is 492 g/mol. The zero-order valence-electron chi connectivity index (χ0n) is 22.8. The third kappa shape index (κ3) is 6.23. The van der Waals surface area contributed by atoms with E-state index in [-0.39, 0.29) is 22.4 Å². The van der Waals surface area contributed by atoms with E-state index in [1.165, 1.54) is 12.3 Å². The van der Waals surface area contributed by atoms with Gasteiger partial charge in [0.1, 0.15) is 18.1 Å². The number of amides is 2. The molecule has 0 aliphatic rings. The van der Waals surface area contributed by atoms with Crippen LogP contribution >= 0.6 is 0 Å². The maximum atomic E-state index is 14.2. The Hall–Kier alpha value is -4.72. The second-order valence-corrected chi connectivity index (χ2v) is 10.1. The summed E-state index contributed by atoms with van der Waals surface area (Å²) >= 11 is 0. The van der Waals surface area contributed by atoms with Crippen LogP contribution in [0.1, 0.15) is 58.4 Å². The Balaban J connectivity index is 1.80. The van der Waals surface area contributed by atoms with Crippen molar-refractivity contribution in [3.8, 4) is 11.5 Å². The van der Waals surface area contributed by atoms with E-state index in [0.29, 0.717) is 35.2 Å².